The standard InChI is InChI=1S/C16H27N/c1-11(2)15(17-3)10-16-7-12-4-13(8-16)6-14(5-12)9-16/h12-15,17H,1,4-10H2,2-3H3. The fraction of sp³-hybridized carbons (Fsp3) is 0.875. The lowest BCUT2D eigenvalue weighted by Gasteiger charge is -2.57. The first kappa shape index (κ1) is 11.8. The van der Waals surface area contributed by atoms with Gasteiger partial charge in [-0.2, -0.15) is 0 Å². The van der Waals surface area contributed by atoms with Crippen molar-refractivity contribution < 1.29 is 0 Å². The van der Waals surface area contributed by atoms with E-state index in [1.54, 1.807) is 19.3 Å². The van der Waals surface area contributed by atoms with E-state index >= 15 is 0 Å². The van der Waals surface area contributed by atoms with Gasteiger partial charge in [-0.25, -0.2) is 0 Å². The van der Waals surface area contributed by atoms with Crippen LogP contribution in [0.5, 0.6) is 0 Å². The van der Waals surface area contributed by atoms with Gasteiger partial charge in [0.1, 0.15) is 0 Å². The monoisotopic (exact) mass is 233 g/mol. The molecule has 1 unspecified atom stereocenters. The van der Waals surface area contributed by atoms with E-state index in [4.69, 9.17) is 0 Å². The van der Waals surface area contributed by atoms with Crippen molar-refractivity contribution in [3.8, 4) is 0 Å². The van der Waals surface area contributed by atoms with E-state index in [-0.39, 0.29) is 0 Å². The Morgan fingerprint density at radius 2 is 1.65 bits per heavy atom. The predicted octanol–water partition coefficient (Wildman–Crippen LogP) is 3.76. The molecule has 4 aliphatic carbocycles. The minimum Gasteiger partial charge on any atom is -0.313 e. The van der Waals surface area contributed by atoms with Gasteiger partial charge in [-0.1, -0.05) is 12.2 Å². The second-order valence-electron chi connectivity index (χ2n) is 7.31. The number of likely N-dealkylation sites (N-methyl/N-ethyl adjacent to an activating group) is 1. The van der Waals surface area contributed by atoms with Crippen molar-refractivity contribution in [3.63, 3.8) is 0 Å². The van der Waals surface area contributed by atoms with Crippen molar-refractivity contribution in [2.24, 2.45) is 23.2 Å². The summed E-state index contributed by atoms with van der Waals surface area (Å²) in [4.78, 5) is 0. The lowest BCUT2D eigenvalue weighted by Crippen LogP contribution is -2.48. The largest absolute Gasteiger partial charge is 0.313 e. The third-order valence-electron chi connectivity index (χ3n) is 5.75. The van der Waals surface area contributed by atoms with Gasteiger partial charge in [-0.05, 0) is 82.1 Å². The summed E-state index contributed by atoms with van der Waals surface area (Å²) < 4.78 is 0. The van der Waals surface area contributed by atoms with Crippen molar-refractivity contribution in [2.75, 3.05) is 7.05 Å². The Labute approximate surface area is 106 Å². The Hall–Kier alpha value is -0.300. The van der Waals surface area contributed by atoms with Gasteiger partial charge in [0, 0.05) is 6.04 Å². The Balaban J connectivity index is 1.75. The van der Waals surface area contributed by atoms with Crippen LogP contribution in [0.4, 0.5) is 0 Å². The van der Waals surface area contributed by atoms with Gasteiger partial charge in [0.25, 0.3) is 0 Å². The Morgan fingerprint density at radius 3 is 2.00 bits per heavy atom. The third-order valence-corrected chi connectivity index (χ3v) is 5.75. The van der Waals surface area contributed by atoms with E-state index in [2.05, 4.69) is 25.9 Å². The van der Waals surface area contributed by atoms with Crippen LogP contribution in [0.15, 0.2) is 12.2 Å². The Bertz CT molecular complexity index is 282. The smallest absolute Gasteiger partial charge is 0.0276 e. The molecular formula is C16H27N. The summed E-state index contributed by atoms with van der Waals surface area (Å²) in [7, 11) is 2.10. The van der Waals surface area contributed by atoms with Crippen LogP contribution in [0.25, 0.3) is 0 Å². The molecule has 0 spiro atoms. The molecule has 0 amide bonds. The van der Waals surface area contributed by atoms with Crippen LogP contribution in [0, 0.1) is 23.2 Å². The molecule has 4 fully saturated rings. The maximum atomic E-state index is 4.16. The zero-order valence-corrected chi connectivity index (χ0v) is 11.5. The molecule has 0 radical (unpaired) electrons. The van der Waals surface area contributed by atoms with Crippen LogP contribution < -0.4 is 5.32 Å². The number of hydrogen-bond acceptors (Lipinski definition) is 1. The van der Waals surface area contributed by atoms with Gasteiger partial charge in [0.2, 0.25) is 0 Å². The van der Waals surface area contributed by atoms with Gasteiger partial charge in [-0.3, -0.25) is 0 Å². The minimum atomic E-state index is 0.547. The Morgan fingerprint density at radius 1 is 1.18 bits per heavy atom. The van der Waals surface area contributed by atoms with Gasteiger partial charge >= 0.3 is 0 Å². The average Bonchev–Trinajstić information content (AvgIpc) is 2.23. The zero-order chi connectivity index (χ0) is 12.0. The average molecular weight is 233 g/mol. The SMILES string of the molecule is C=C(C)C(CC12CC3CC(CC(C3)C1)C2)NC. The summed E-state index contributed by atoms with van der Waals surface area (Å²) in [6.45, 7) is 6.34. The zero-order valence-electron chi connectivity index (χ0n) is 11.5. The van der Waals surface area contributed by atoms with Gasteiger partial charge in [-0.15, -0.1) is 0 Å². The summed E-state index contributed by atoms with van der Waals surface area (Å²) in [6.07, 6.45) is 10.6. The van der Waals surface area contributed by atoms with E-state index in [1.807, 2.05) is 0 Å². The van der Waals surface area contributed by atoms with Crippen LogP contribution in [-0.4, -0.2) is 13.1 Å². The Kier molecular flexibility index (Phi) is 2.85. The van der Waals surface area contributed by atoms with Gasteiger partial charge < -0.3 is 5.32 Å². The van der Waals surface area contributed by atoms with Crippen LogP contribution in [0.3, 0.4) is 0 Å². The molecule has 0 aliphatic heterocycles. The van der Waals surface area contributed by atoms with Gasteiger partial charge in [0.15, 0.2) is 0 Å². The highest BCUT2D eigenvalue weighted by molar-refractivity contribution is 5.08. The minimum absolute atomic E-state index is 0.547. The summed E-state index contributed by atoms with van der Waals surface area (Å²) in [5.41, 5.74) is 2.00. The molecule has 4 bridgehead atoms. The molecule has 0 aromatic rings. The van der Waals surface area contributed by atoms with E-state index < -0.39 is 0 Å². The first-order valence-corrected chi connectivity index (χ1v) is 7.43. The lowest BCUT2D eigenvalue weighted by atomic mass is 9.48. The van der Waals surface area contributed by atoms with Crippen LogP contribution >= 0.6 is 0 Å². The van der Waals surface area contributed by atoms with E-state index in [1.165, 1.54) is 31.3 Å². The molecule has 0 heterocycles. The topological polar surface area (TPSA) is 12.0 Å². The molecule has 4 saturated carbocycles. The molecule has 1 nitrogen and oxygen atoms in total. The molecule has 4 rings (SSSR count). The van der Waals surface area contributed by atoms with Gasteiger partial charge in [0.05, 0.1) is 0 Å². The second-order valence-corrected chi connectivity index (χ2v) is 7.31. The number of hydrogen-bond donors (Lipinski definition) is 1. The van der Waals surface area contributed by atoms with Crippen molar-refractivity contribution >= 4 is 0 Å². The van der Waals surface area contributed by atoms with E-state index in [9.17, 15) is 0 Å². The molecule has 4 aliphatic rings. The number of rotatable bonds is 4. The van der Waals surface area contributed by atoms with Crippen LogP contribution in [0.2, 0.25) is 0 Å². The highest BCUT2D eigenvalue weighted by atomic mass is 14.9. The van der Waals surface area contributed by atoms with Crippen molar-refractivity contribution in [3.05, 3.63) is 12.2 Å². The molecule has 0 aromatic carbocycles. The molecule has 1 atom stereocenters. The fourth-order valence-electron chi connectivity index (χ4n) is 5.50. The summed E-state index contributed by atoms with van der Waals surface area (Å²) >= 11 is 0. The van der Waals surface area contributed by atoms with E-state index in [0.29, 0.717) is 11.5 Å². The normalized spacial score (nSPS) is 44.9. The number of nitrogens with one attached hydrogen (secondary N) is 1. The first-order chi connectivity index (χ1) is 8.10. The molecular weight excluding hydrogens is 206 g/mol. The van der Waals surface area contributed by atoms with E-state index in [0.717, 1.165) is 17.8 Å². The maximum Gasteiger partial charge on any atom is 0.0276 e. The maximum absolute atomic E-state index is 4.16. The molecule has 17 heavy (non-hydrogen) atoms. The second kappa shape index (κ2) is 4.12. The van der Waals surface area contributed by atoms with Crippen molar-refractivity contribution in [2.45, 2.75) is 57.9 Å². The molecule has 0 saturated heterocycles. The quantitative estimate of drug-likeness (QED) is 0.729. The predicted molar refractivity (Wildman–Crippen MR) is 72.9 cm³/mol. The third kappa shape index (κ3) is 2.07. The fourth-order valence-corrected chi connectivity index (χ4v) is 5.50. The summed E-state index contributed by atoms with van der Waals surface area (Å²) in [5, 5.41) is 3.48. The van der Waals surface area contributed by atoms with Crippen molar-refractivity contribution in [1.82, 2.24) is 5.32 Å². The van der Waals surface area contributed by atoms with Crippen LogP contribution in [0.1, 0.15) is 51.9 Å². The lowest BCUT2D eigenvalue weighted by molar-refractivity contribution is -0.0600. The highest BCUT2D eigenvalue weighted by Gasteiger charge is 2.51. The summed E-state index contributed by atoms with van der Waals surface area (Å²) in [5.74, 6) is 3.22. The molecule has 1 heteroatoms. The summed E-state index contributed by atoms with van der Waals surface area (Å²) in [6, 6.07) is 0.547. The first-order valence-electron chi connectivity index (χ1n) is 7.43. The molecule has 1 N–H and O–H groups in total. The highest BCUT2D eigenvalue weighted by Crippen LogP contribution is 2.61. The molecule has 0 aromatic heterocycles. The van der Waals surface area contributed by atoms with Crippen LogP contribution in [-0.2, 0) is 0 Å². The molecule has 96 valence electrons. The van der Waals surface area contributed by atoms with Crippen molar-refractivity contribution in [1.29, 1.82) is 0 Å².